The Bertz CT molecular complexity index is 507. The first-order chi connectivity index (χ1) is 11.0. The molecule has 0 aliphatic carbocycles. The zero-order chi connectivity index (χ0) is 16.4. The second-order valence-electron chi connectivity index (χ2n) is 7.38. The molecule has 23 heavy (non-hydrogen) atoms. The third-order valence-electron chi connectivity index (χ3n) is 4.83. The van der Waals surface area contributed by atoms with Gasteiger partial charge in [-0.05, 0) is 5.92 Å². The number of morpholine rings is 1. The largest absolute Gasteiger partial charge is 0.381 e. The van der Waals surface area contributed by atoms with E-state index in [-0.39, 0.29) is 5.60 Å². The first-order valence-electron chi connectivity index (χ1n) is 8.85. The van der Waals surface area contributed by atoms with Gasteiger partial charge in [0.15, 0.2) is 0 Å². The van der Waals surface area contributed by atoms with Crippen LogP contribution < -0.4 is 4.90 Å². The van der Waals surface area contributed by atoms with Gasteiger partial charge in [0.2, 0.25) is 0 Å². The van der Waals surface area contributed by atoms with Crippen LogP contribution in [0.25, 0.3) is 0 Å². The molecule has 0 bridgehead atoms. The predicted molar refractivity (Wildman–Crippen MR) is 91.2 cm³/mol. The number of anilines is 1. The van der Waals surface area contributed by atoms with Crippen LogP contribution in [-0.2, 0) is 9.47 Å². The Labute approximate surface area is 139 Å². The highest BCUT2D eigenvalue weighted by Gasteiger charge is 2.38. The molecule has 3 heterocycles. The third kappa shape index (κ3) is 3.66. The van der Waals surface area contributed by atoms with E-state index in [1.165, 1.54) is 0 Å². The van der Waals surface area contributed by atoms with Gasteiger partial charge in [-0.1, -0.05) is 27.7 Å². The Hall–Kier alpha value is -1.20. The molecule has 0 unspecified atom stereocenters. The normalized spacial score (nSPS) is 21.4. The van der Waals surface area contributed by atoms with Gasteiger partial charge < -0.3 is 14.4 Å². The van der Waals surface area contributed by atoms with Crippen molar-refractivity contribution in [3.63, 3.8) is 0 Å². The zero-order valence-electron chi connectivity index (χ0n) is 14.8. The number of nitrogens with zero attached hydrogens (tertiary/aromatic N) is 3. The molecule has 0 saturated carbocycles. The Balaban J connectivity index is 1.87. The van der Waals surface area contributed by atoms with E-state index in [1.807, 2.05) is 0 Å². The van der Waals surface area contributed by atoms with Crippen molar-refractivity contribution in [3.8, 4) is 0 Å². The molecule has 128 valence electrons. The lowest BCUT2D eigenvalue weighted by Crippen LogP contribution is -2.54. The smallest absolute Gasteiger partial charge is 0.133 e. The van der Waals surface area contributed by atoms with Crippen molar-refractivity contribution in [1.29, 1.82) is 0 Å². The summed E-state index contributed by atoms with van der Waals surface area (Å²) < 4.78 is 11.7. The first kappa shape index (κ1) is 16.7. The maximum Gasteiger partial charge on any atom is 0.133 e. The summed E-state index contributed by atoms with van der Waals surface area (Å²) >= 11 is 0. The van der Waals surface area contributed by atoms with Gasteiger partial charge in [0, 0.05) is 56.8 Å². The topological polar surface area (TPSA) is 47.5 Å². The zero-order valence-corrected chi connectivity index (χ0v) is 14.8. The van der Waals surface area contributed by atoms with Crippen LogP contribution in [0.3, 0.4) is 0 Å². The van der Waals surface area contributed by atoms with Crippen LogP contribution in [0.1, 0.15) is 63.9 Å². The van der Waals surface area contributed by atoms with E-state index in [1.54, 1.807) is 0 Å². The molecule has 3 rings (SSSR count). The standard InChI is InChI=1S/C18H29N3O2/c1-13(2)15-11-16(20-17(19-15)14(3)4)21-7-10-23-18(12-21)5-8-22-9-6-18/h11,13-14H,5-10,12H2,1-4H3. The number of aromatic nitrogens is 2. The van der Waals surface area contributed by atoms with Crippen molar-refractivity contribution < 1.29 is 9.47 Å². The summed E-state index contributed by atoms with van der Waals surface area (Å²) in [6, 6.07) is 2.16. The minimum atomic E-state index is -0.0581. The fourth-order valence-electron chi connectivity index (χ4n) is 3.27. The molecule has 2 aliphatic heterocycles. The second-order valence-corrected chi connectivity index (χ2v) is 7.38. The summed E-state index contributed by atoms with van der Waals surface area (Å²) in [5.41, 5.74) is 1.07. The average molecular weight is 319 g/mol. The van der Waals surface area contributed by atoms with Crippen LogP contribution in [0, 0.1) is 0 Å². The van der Waals surface area contributed by atoms with E-state index in [0.29, 0.717) is 11.8 Å². The molecule has 0 atom stereocenters. The fourth-order valence-corrected chi connectivity index (χ4v) is 3.27. The number of hydrogen-bond acceptors (Lipinski definition) is 5. The fraction of sp³-hybridized carbons (Fsp3) is 0.778. The van der Waals surface area contributed by atoms with Crippen LogP contribution in [0.5, 0.6) is 0 Å². The molecule has 5 nitrogen and oxygen atoms in total. The van der Waals surface area contributed by atoms with Gasteiger partial charge in [-0.25, -0.2) is 9.97 Å². The van der Waals surface area contributed by atoms with E-state index in [4.69, 9.17) is 19.4 Å². The number of hydrogen-bond donors (Lipinski definition) is 0. The molecule has 1 aromatic rings. The maximum absolute atomic E-state index is 6.15. The Morgan fingerprint density at radius 1 is 1.04 bits per heavy atom. The molecule has 2 saturated heterocycles. The summed E-state index contributed by atoms with van der Waals surface area (Å²) in [5, 5.41) is 0. The lowest BCUT2D eigenvalue weighted by atomic mass is 9.92. The van der Waals surface area contributed by atoms with Crippen molar-refractivity contribution in [2.75, 3.05) is 37.8 Å². The monoisotopic (exact) mass is 319 g/mol. The molecule has 0 N–H and O–H groups in total. The van der Waals surface area contributed by atoms with Crippen LogP contribution >= 0.6 is 0 Å². The van der Waals surface area contributed by atoms with E-state index < -0.39 is 0 Å². The van der Waals surface area contributed by atoms with Crippen molar-refractivity contribution >= 4 is 5.82 Å². The molecule has 0 radical (unpaired) electrons. The lowest BCUT2D eigenvalue weighted by molar-refractivity contribution is -0.116. The summed E-state index contributed by atoms with van der Waals surface area (Å²) in [6.07, 6.45) is 1.95. The molecule has 2 aliphatic rings. The summed E-state index contributed by atoms with van der Waals surface area (Å²) in [7, 11) is 0. The second kappa shape index (κ2) is 6.73. The van der Waals surface area contributed by atoms with Crippen LogP contribution in [0.15, 0.2) is 6.07 Å². The lowest BCUT2D eigenvalue weighted by Gasteiger charge is -2.45. The Kier molecular flexibility index (Phi) is 4.87. The van der Waals surface area contributed by atoms with Gasteiger partial charge in [0.1, 0.15) is 11.6 Å². The first-order valence-corrected chi connectivity index (χ1v) is 8.85. The van der Waals surface area contributed by atoms with Gasteiger partial charge in [-0.2, -0.15) is 0 Å². The molecule has 0 amide bonds. The van der Waals surface area contributed by atoms with Crippen LogP contribution in [-0.4, -0.2) is 48.5 Å². The Morgan fingerprint density at radius 2 is 1.78 bits per heavy atom. The summed E-state index contributed by atoms with van der Waals surface area (Å²) in [6.45, 7) is 12.9. The van der Waals surface area contributed by atoms with Crippen molar-refractivity contribution in [2.24, 2.45) is 0 Å². The summed E-state index contributed by atoms with van der Waals surface area (Å²) in [4.78, 5) is 12.0. The van der Waals surface area contributed by atoms with Crippen molar-refractivity contribution in [1.82, 2.24) is 9.97 Å². The molecular formula is C18H29N3O2. The minimum absolute atomic E-state index is 0.0581. The van der Waals surface area contributed by atoms with E-state index in [2.05, 4.69) is 38.7 Å². The molecule has 1 aromatic heterocycles. The molecule has 2 fully saturated rings. The van der Waals surface area contributed by atoms with E-state index in [0.717, 1.165) is 63.1 Å². The minimum Gasteiger partial charge on any atom is -0.381 e. The third-order valence-corrected chi connectivity index (χ3v) is 4.83. The average Bonchev–Trinajstić information content (AvgIpc) is 2.55. The molecule has 1 spiro atoms. The van der Waals surface area contributed by atoms with Gasteiger partial charge in [-0.15, -0.1) is 0 Å². The van der Waals surface area contributed by atoms with Gasteiger partial charge in [-0.3, -0.25) is 0 Å². The summed E-state index contributed by atoms with van der Waals surface area (Å²) in [5.74, 6) is 2.75. The molecule has 0 aromatic carbocycles. The SMILES string of the molecule is CC(C)c1cc(N2CCOC3(CCOCC3)C2)nc(C(C)C)n1. The van der Waals surface area contributed by atoms with E-state index in [9.17, 15) is 0 Å². The van der Waals surface area contributed by atoms with Gasteiger partial charge >= 0.3 is 0 Å². The highest BCUT2D eigenvalue weighted by molar-refractivity contribution is 5.42. The quantitative estimate of drug-likeness (QED) is 0.857. The highest BCUT2D eigenvalue weighted by atomic mass is 16.5. The van der Waals surface area contributed by atoms with Crippen molar-refractivity contribution in [3.05, 3.63) is 17.6 Å². The highest BCUT2D eigenvalue weighted by Crippen LogP contribution is 2.32. The number of rotatable bonds is 3. The van der Waals surface area contributed by atoms with Crippen LogP contribution in [0.2, 0.25) is 0 Å². The number of ether oxygens (including phenoxy) is 2. The predicted octanol–water partition coefficient (Wildman–Crippen LogP) is 3.11. The molecular weight excluding hydrogens is 290 g/mol. The van der Waals surface area contributed by atoms with Gasteiger partial charge in [0.25, 0.3) is 0 Å². The maximum atomic E-state index is 6.15. The van der Waals surface area contributed by atoms with Crippen LogP contribution in [0.4, 0.5) is 5.82 Å². The van der Waals surface area contributed by atoms with Crippen molar-refractivity contribution in [2.45, 2.75) is 58.0 Å². The Morgan fingerprint density at radius 3 is 2.43 bits per heavy atom. The van der Waals surface area contributed by atoms with E-state index >= 15 is 0 Å². The molecule has 5 heteroatoms. The van der Waals surface area contributed by atoms with Gasteiger partial charge in [0.05, 0.1) is 12.2 Å².